The van der Waals surface area contributed by atoms with Crippen molar-refractivity contribution < 1.29 is 10.2 Å². The first-order chi connectivity index (χ1) is 27.5. The predicted octanol–water partition coefficient (Wildman–Crippen LogP) is 14.1. The molecule has 0 spiro atoms. The maximum absolute atomic E-state index is 10.1. The third kappa shape index (κ3) is 7.51. The molecule has 4 heteroatoms. The molecular weight excluding hydrogens is 685 g/mol. The van der Waals surface area contributed by atoms with E-state index in [1.807, 2.05) is 24.3 Å². The zero-order valence-corrected chi connectivity index (χ0v) is 31.6. The first-order valence-corrected chi connectivity index (χ1v) is 19.2. The second kappa shape index (κ2) is 16.1. The molecule has 0 amide bonds. The number of phenolic OH excluding ortho intramolecular Hbond substituents is 2. The molecule has 0 saturated heterocycles. The Morgan fingerprint density at radius 3 is 1.55 bits per heavy atom. The second-order valence-corrected chi connectivity index (χ2v) is 14.0. The summed E-state index contributed by atoms with van der Waals surface area (Å²) >= 11 is 0. The van der Waals surface area contributed by atoms with Gasteiger partial charge in [-0.1, -0.05) is 134 Å². The second-order valence-electron chi connectivity index (χ2n) is 14.0. The lowest BCUT2D eigenvalue weighted by molar-refractivity contribution is 0.475. The Kier molecular flexibility index (Phi) is 10.4. The average Bonchev–Trinajstić information content (AvgIpc) is 3.24. The van der Waals surface area contributed by atoms with Gasteiger partial charge in [-0.2, -0.15) is 0 Å². The fraction of sp³-hybridized carbons (Fsp3) is 0.0769. The monoisotopic (exact) mass is 728 g/mol. The van der Waals surface area contributed by atoms with Crippen molar-refractivity contribution >= 4 is 55.6 Å². The lowest BCUT2D eigenvalue weighted by Crippen LogP contribution is -2.26. The summed E-state index contributed by atoms with van der Waals surface area (Å²) in [7, 11) is 0. The molecule has 0 bridgehead atoms. The van der Waals surface area contributed by atoms with E-state index in [1.165, 1.54) is 21.7 Å². The highest BCUT2D eigenvalue weighted by molar-refractivity contribution is 5.99. The fourth-order valence-corrected chi connectivity index (χ4v) is 7.55. The van der Waals surface area contributed by atoms with Gasteiger partial charge in [0.1, 0.15) is 11.5 Å². The van der Waals surface area contributed by atoms with Crippen LogP contribution in [0.1, 0.15) is 25.8 Å². The maximum Gasteiger partial charge on any atom is 0.115 e. The number of allylic oxidation sites excluding steroid dienone is 3. The number of nitrogens with zero attached hydrogens (tertiary/aromatic N) is 2. The van der Waals surface area contributed by atoms with Gasteiger partial charge in [-0.25, -0.2) is 0 Å². The van der Waals surface area contributed by atoms with Crippen LogP contribution in [0.15, 0.2) is 200 Å². The van der Waals surface area contributed by atoms with Crippen LogP contribution in [0.3, 0.4) is 0 Å². The number of anilines is 5. The van der Waals surface area contributed by atoms with Crippen LogP contribution in [-0.4, -0.2) is 16.3 Å². The van der Waals surface area contributed by atoms with Gasteiger partial charge in [-0.3, -0.25) is 0 Å². The highest BCUT2D eigenvalue weighted by Crippen LogP contribution is 2.40. The number of hydrogen-bond acceptors (Lipinski definition) is 4. The third-order valence-electron chi connectivity index (χ3n) is 10.3. The number of rotatable bonds is 11. The Balaban J connectivity index is 1.07. The number of phenols is 2. The third-order valence-corrected chi connectivity index (χ3v) is 10.3. The maximum atomic E-state index is 10.1. The molecule has 0 aliphatic heterocycles. The van der Waals surface area contributed by atoms with Crippen LogP contribution < -0.4 is 9.80 Å². The molecule has 2 N–H and O–H groups in total. The van der Waals surface area contributed by atoms with Crippen molar-refractivity contribution in [2.45, 2.75) is 26.3 Å². The van der Waals surface area contributed by atoms with Crippen molar-refractivity contribution in [2.24, 2.45) is 0 Å². The summed E-state index contributed by atoms with van der Waals surface area (Å²) in [5.41, 5.74) is 9.81. The molecule has 0 saturated carbocycles. The van der Waals surface area contributed by atoms with Gasteiger partial charge in [-0.05, 0) is 119 Å². The highest BCUT2D eigenvalue weighted by Gasteiger charge is 2.18. The summed E-state index contributed by atoms with van der Waals surface area (Å²) in [6.07, 6.45) is 7.69. The molecule has 274 valence electrons. The lowest BCUT2D eigenvalue weighted by atomic mass is 9.98. The zero-order chi connectivity index (χ0) is 38.4. The minimum Gasteiger partial charge on any atom is -0.508 e. The normalized spacial score (nSPS) is 12.3. The van der Waals surface area contributed by atoms with Crippen molar-refractivity contribution in [3.05, 3.63) is 206 Å². The summed E-state index contributed by atoms with van der Waals surface area (Å²) in [5, 5.41) is 24.8. The van der Waals surface area contributed by atoms with Gasteiger partial charge in [0.15, 0.2) is 0 Å². The largest absolute Gasteiger partial charge is 0.508 e. The summed E-state index contributed by atoms with van der Waals surface area (Å²) in [5.74, 6) is 0.490. The van der Waals surface area contributed by atoms with E-state index in [0.717, 1.165) is 56.9 Å². The van der Waals surface area contributed by atoms with E-state index >= 15 is 0 Å². The minimum atomic E-state index is 0.0124. The van der Waals surface area contributed by atoms with E-state index in [0.29, 0.717) is 0 Å². The molecule has 8 aromatic rings. The number of aromatic hydroxyl groups is 2. The van der Waals surface area contributed by atoms with Crippen LogP contribution in [0.4, 0.5) is 28.4 Å². The van der Waals surface area contributed by atoms with Crippen LogP contribution in [0, 0.1) is 0 Å². The average molecular weight is 729 g/mol. The number of benzene rings is 8. The minimum absolute atomic E-state index is 0.0124. The molecule has 0 heterocycles. The van der Waals surface area contributed by atoms with Gasteiger partial charge in [0.2, 0.25) is 0 Å². The molecule has 0 aliphatic carbocycles. The van der Waals surface area contributed by atoms with Crippen molar-refractivity contribution in [2.75, 3.05) is 9.80 Å². The van der Waals surface area contributed by atoms with E-state index in [2.05, 4.69) is 175 Å². The lowest BCUT2D eigenvalue weighted by Gasteiger charge is -2.31. The fourth-order valence-electron chi connectivity index (χ4n) is 7.55. The van der Waals surface area contributed by atoms with Crippen LogP contribution in [-0.2, 0) is 0 Å². The van der Waals surface area contributed by atoms with Crippen LogP contribution >= 0.6 is 0 Å². The Hall–Kier alpha value is -7.04. The van der Waals surface area contributed by atoms with Crippen LogP contribution in [0.25, 0.3) is 38.2 Å². The van der Waals surface area contributed by atoms with Gasteiger partial charge >= 0.3 is 0 Å². The number of fused-ring (bicyclic) bond motifs is 2. The Morgan fingerprint density at radius 1 is 0.518 bits per heavy atom. The standard InChI is InChI=1S/C52H44N2O2/c1-3-10-38(20-19-37(2)53(44-29-33-47(55)34-30-44)51-17-8-13-42-11-4-6-15-49(42)51)39-21-23-40(24-22-39)41-25-27-45(28-26-41)54(46-31-35-48(56)36-32-46)52-18-9-14-43-12-5-7-16-50(43)52/h4-37,55-56H,3H2,1-2H3/b20-19-,38-10+. The molecule has 56 heavy (non-hydrogen) atoms. The first kappa shape index (κ1) is 36.0. The summed E-state index contributed by atoms with van der Waals surface area (Å²) in [6.45, 7) is 4.39. The molecule has 0 radical (unpaired) electrons. The van der Waals surface area contributed by atoms with E-state index in [9.17, 15) is 10.2 Å². The summed E-state index contributed by atoms with van der Waals surface area (Å²) in [4.78, 5) is 4.57. The molecule has 4 nitrogen and oxygen atoms in total. The van der Waals surface area contributed by atoms with Crippen LogP contribution in [0.5, 0.6) is 11.5 Å². The van der Waals surface area contributed by atoms with Gasteiger partial charge in [0.05, 0.1) is 5.69 Å². The first-order valence-electron chi connectivity index (χ1n) is 19.2. The quantitative estimate of drug-likeness (QED) is 0.130. The molecular formula is C52H44N2O2. The Bertz CT molecular complexity index is 2630. The smallest absolute Gasteiger partial charge is 0.115 e. The van der Waals surface area contributed by atoms with E-state index in [4.69, 9.17) is 0 Å². The molecule has 0 aromatic heterocycles. The SMILES string of the molecule is CC/C=C(\C=C/C(C)N(c1ccc(O)cc1)c1cccc2ccccc12)c1ccc(-c2ccc(N(c3ccc(O)cc3)c3cccc4ccccc34)cc2)cc1. The predicted molar refractivity (Wildman–Crippen MR) is 237 cm³/mol. The van der Waals surface area contributed by atoms with Gasteiger partial charge in [0, 0.05) is 39.6 Å². The van der Waals surface area contributed by atoms with Gasteiger partial charge in [-0.15, -0.1) is 0 Å². The van der Waals surface area contributed by atoms with Crippen molar-refractivity contribution in [1.82, 2.24) is 0 Å². The van der Waals surface area contributed by atoms with E-state index in [-0.39, 0.29) is 17.5 Å². The van der Waals surface area contributed by atoms with E-state index < -0.39 is 0 Å². The molecule has 8 rings (SSSR count). The van der Waals surface area contributed by atoms with Crippen molar-refractivity contribution in [3.8, 4) is 22.6 Å². The molecule has 0 fully saturated rings. The molecule has 8 aromatic carbocycles. The highest BCUT2D eigenvalue weighted by atomic mass is 16.3. The summed E-state index contributed by atoms with van der Waals surface area (Å²) in [6, 6.07) is 62.0. The molecule has 0 aliphatic rings. The Labute approximate surface area is 329 Å². The van der Waals surface area contributed by atoms with Crippen molar-refractivity contribution in [1.29, 1.82) is 0 Å². The number of hydrogen-bond donors (Lipinski definition) is 2. The Morgan fingerprint density at radius 2 is 0.982 bits per heavy atom. The molecule has 1 unspecified atom stereocenters. The summed E-state index contributed by atoms with van der Waals surface area (Å²) < 4.78 is 0. The zero-order valence-electron chi connectivity index (χ0n) is 31.6. The van der Waals surface area contributed by atoms with Gasteiger partial charge in [0.25, 0.3) is 0 Å². The van der Waals surface area contributed by atoms with Crippen LogP contribution in [0.2, 0.25) is 0 Å². The topological polar surface area (TPSA) is 46.9 Å². The van der Waals surface area contributed by atoms with Gasteiger partial charge < -0.3 is 20.0 Å². The van der Waals surface area contributed by atoms with E-state index in [1.54, 1.807) is 24.3 Å². The van der Waals surface area contributed by atoms with Crippen molar-refractivity contribution in [3.63, 3.8) is 0 Å². The molecule has 1 atom stereocenters.